The van der Waals surface area contributed by atoms with E-state index in [1.165, 1.54) is 3.57 Å². The minimum atomic E-state index is -0.930. The van der Waals surface area contributed by atoms with Crippen molar-refractivity contribution in [2.75, 3.05) is 5.32 Å². The van der Waals surface area contributed by atoms with Gasteiger partial charge in [-0.1, -0.05) is 12.1 Å². The number of aromatic carboxylic acids is 1. The molecule has 0 saturated carbocycles. The predicted octanol–water partition coefficient (Wildman–Crippen LogP) is 4.04. The summed E-state index contributed by atoms with van der Waals surface area (Å²) in [5.41, 5.74) is 2.93. The van der Waals surface area contributed by atoms with E-state index in [2.05, 4.69) is 27.9 Å². The van der Waals surface area contributed by atoms with E-state index in [0.717, 1.165) is 11.3 Å². The van der Waals surface area contributed by atoms with Gasteiger partial charge in [-0.2, -0.15) is 0 Å². The maximum atomic E-state index is 11.1. The Morgan fingerprint density at radius 2 is 1.94 bits per heavy atom. The van der Waals surface area contributed by atoms with Crippen LogP contribution in [0.1, 0.15) is 15.9 Å². The molecule has 0 amide bonds. The fourth-order valence-corrected chi connectivity index (χ4v) is 1.99. The third-order valence-corrected chi connectivity index (χ3v) is 3.80. The van der Waals surface area contributed by atoms with Crippen LogP contribution >= 0.6 is 22.6 Å². The van der Waals surface area contributed by atoms with Gasteiger partial charge >= 0.3 is 5.97 Å². The number of hydrogen-bond acceptors (Lipinski definition) is 2. The molecule has 92 valence electrons. The lowest BCUT2D eigenvalue weighted by Gasteiger charge is -2.10. The van der Waals surface area contributed by atoms with Crippen molar-refractivity contribution in [2.24, 2.45) is 0 Å². The summed E-state index contributed by atoms with van der Waals surface area (Å²) in [7, 11) is 0. The van der Waals surface area contributed by atoms with Gasteiger partial charge in [0.2, 0.25) is 0 Å². The van der Waals surface area contributed by atoms with Gasteiger partial charge in [0.1, 0.15) is 0 Å². The Kier molecular flexibility index (Phi) is 3.86. The molecule has 3 nitrogen and oxygen atoms in total. The molecule has 0 spiro atoms. The second-order valence-electron chi connectivity index (χ2n) is 3.94. The van der Waals surface area contributed by atoms with Crippen LogP contribution in [0.2, 0.25) is 0 Å². The first-order valence-electron chi connectivity index (χ1n) is 5.43. The van der Waals surface area contributed by atoms with Crippen LogP contribution in [0.3, 0.4) is 0 Å². The molecular weight excluding hydrogens is 341 g/mol. The number of rotatable bonds is 3. The summed E-state index contributed by atoms with van der Waals surface area (Å²) in [6.07, 6.45) is 0. The molecule has 18 heavy (non-hydrogen) atoms. The van der Waals surface area contributed by atoms with Crippen LogP contribution in [-0.4, -0.2) is 11.1 Å². The molecule has 0 radical (unpaired) electrons. The summed E-state index contributed by atoms with van der Waals surface area (Å²) in [5, 5.41) is 12.2. The topological polar surface area (TPSA) is 49.3 Å². The molecule has 0 aliphatic rings. The highest BCUT2D eigenvalue weighted by atomic mass is 127. The van der Waals surface area contributed by atoms with E-state index in [0.29, 0.717) is 5.69 Å². The first-order valence-corrected chi connectivity index (χ1v) is 6.51. The number of carboxylic acid groups (broad SMARTS) is 1. The number of benzene rings is 2. The quantitative estimate of drug-likeness (QED) is 0.819. The zero-order chi connectivity index (χ0) is 13.1. The number of anilines is 2. The van der Waals surface area contributed by atoms with E-state index in [-0.39, 0.29) is 5.56 Å². The van der Waals surface area contributed by atoms with Crippen molar-refractivity contribution in [3.63, 3.8) is 0 Å². The van der Waals surface area contributed by atoms with Crippen molar-refractivity contribution in [3.8, 4) is 0 Å². The molecule has 0 atom stereocenters. The minimum absolute atomic E-state index is 0.272. The van der Waals surface area contributed by atoms with Gasteiger partial charge in [0.15, 0.2) is 0 Å². The summed E-state index contributed by atoms with van der Waals surface area (Å²) in [6, 6.07) is 12.8. The zero-order valence-corrected chi connectivity index (χ0v) is 11.9. The molecule has 2 aromatic rings. The molecule has 2 rings (SSSR count). The van der Waals surface area contributed by atoms with Crippen molar-refractivity contribution in [3.05, 3.63) is 57.2 Å². The highest BCUT2D eigenvalue weighted by Crippen LogP contribution is 2.23. The Bertz CT molecular complexity index is 596. The lowest BCUT2D eigenvalue weighted by molar-refractivity contribution is 0.0698. The van der Waals surface area contributed by atoms with E-state index >= 15 is 0 Å². The van der Waals surface area contributed by atoms with Gasteiger partial charge in [-0.05, 0) is 65.4 Å². The summed E-state index contributed by atoms with van der Waals surface area (Å²) in [4.78, 5) is 11.1. The zero-order valence-electron chi connectivity index (χ0n) is 9.77. The van der Waals surface area contributed by atoms with Gasteiger partial charge in [0, 0.05) is 9.26 Å². The van der Waals surface area contributed by atoms with Crippen molar-refractivity contribution in [1.82, 2.24) is 0 Å². The van der Waals surface area contributed by atoms with E-state index in [1.807, 2.05) is 31.2 Å². The van der Waals surface area contributed by atoms with Crippen molar-refractivity contribution in [2.45, 2.75) is 6.92 Å². The summed E-state index contributed by atoms with van der Waals surface area (Å²) in [6.45, 7) is 2.02. The summed E-state index contributed by atoms with van der Waals surface area (Å²) >= 11 is 2.27. The number of halogens is 1. The minimum Gasteiger partial charge on any atom is -0.478 e. The molecule has 0 aliphatic heterocycles. The van der Waals surface area contributed by atoms with E-state index < -0.39 is 5.97 Å². The van der Waals surface area contributed by atoms with Crippen LogP contribution in [0.15, 0.2) is 42.5 Å². The molecule has 4 heteroatoms. The number of carbonyl (C=O) groups is 1. The SMILES string of the molecule is Cc1cc(Nc2ccccc2C(=O)O)ccc1I. The van der Waals surface area contributed by atoms with Crippen LogP contribution in [-0.2, 0) is 0 Å². The molecular formula is C14H12INO2. The highest BCUT2D eigenvalue weighted by Gasteiger charge is 2.09. The third-order valence-electron chi connectivity index (χ3n) is 2.59. The highest BCUT2D eigenvalue weighted by molar-refractivity contribution is 14.1. The molecule has 0 unspecified atom stereocenters. The monoisotopic (exact) mass is 353 g/mol. The second kappa shape index (κ2) is 5.39. The van der Waals surface area contributed by atoms with Crippen LogP contribution < -0.4 is 5.32 Å². The Labute approximate surface area is 119 Å². The normalized spacial score (nSPS) is 10.1. The first-order chi connectivity index (χ1) is 8.58. The largest absolute Gasteiger partial charge is 0.478 e. The van der Waals surface area contributed by atoms with Gasteiger partial charge in [-0.25, -0.2) is 4.79 Å². The second-order valence-corrected chi connectivity index (χ2v) is 5.10. The van der Waals surface area contributed by atoms with Crippen LogP contribution in [0, 0.1) is 10.5 Å². The summed E-state index contributed by atoms with van der Waals surface area (Å²) in [5.74, 6) is -0.930. The number of hydrogen-bond donors (Lipinski definition) is 2. The van der Waals surface area contributed by atoms with Gasteiger partial charge < -0.3 is 10.4 Å². The first kappa shape index (κ1) is 12.9. The number of aryl methyl sites for hydroxylation is 1. The summed E-state index contributed by atoms with van der Waals surface area (Å²) < 4.78 is 1.18. The van der Waals surface area contributed by atoms with Crippen LogP contribution in [0.25, 0.3) is 0 Å². The van der Waals surface area contributed by atoms with Crippen LogP contribution in [0.4, 0.5) is 11.4 Å². The Balaban J connectivity index is 2.34. The van der Waals surface area contributed by atoms with Gasteiger partial charge in [0.25, 0.3) is 0 Å². The molecule has 2 N–H and O–H groups in total. The average molecular weight is 353 g/mol. The lowest BCUT2D eigenvalue weighted by atomic mass is 10.1. The smallest absolute Gasteiger partial charge is 0.337 e. The van der Waals surface area contributed by atoms with E-state index in [4.69, 9.17) is 5.11 Å². The maximum absolute atomic E-state index is 11.1. The fourth-order valence-electron chi connectivity index (χ4n) is 1.66. The van der Waals surface area contributed by atoms with Gasteiger partial charge in [0.05, 0.1) is 11.3 Å². The van der Waals surface area contributed by atoms with Gasteiger partial charge in [-0.15, -0.1) is 0 Å². The predicted molar refractivity (Wildman–Crippen MR) is 80.6 cm³/mol. The number of carboxylic acids is 1. The Morgan fingerprint density at radius 3 is 2.61 bits per heavy atom. The number of nitrogens with one attached hydrogen (secondary N) is 1. The molecule has 2 aromatic carbocycles. The molecule has 0 heterocycles. The molecule has 0 aliphatic carbocycles. The maximum Gasteiger partial charge on any atom is 0.337 e. The average Bonchev–Trinajstić information content (AvgIpc) is 2.34. The van der Waals surface area contributed by atoms with E-state index in [1.54, 1.807) is 18.2 Å². The molecule has 0 fully saturated rings. The standard InChI is InChI=1S/C14H12INO2/c1-9-8-10(6-7-12(9)15)16-13-5-3-2-4-11(13)14(17)18/h2-8,16H,1H3,(H,17,18). The molecule has 0 aromatic heterocycles. The van der Waals surface area contributed by atoms with Crippen molar-refractivity contribution < 1.29 is 9.90 Å². The molecule has 0 saturated heterocycles. The van der Waals surface area contributed by atoms with Crippen LogP contribution in [0.5, 0.6) is 0 Å². The lowest BCUT2D eigenvalue weighted by Crippen LogP contribution is -2.02. The Hall–Kier alpha value is -1.56. The van der Waals surface area contributed by atoms with E-state index in [9.17, 15) is 4.79 Å². The third kappa shape index (κ3) is 2.81. The Morgan fingerprint density at radius 1 is 1.22 bits per heavy atom. The molecule has 0 bridgehead atoms. The van der Waals surface area contributed by atoms with Gasteiger partial charge in [-0.3, -0.25) is 0 Å². The van der Waals surface area contributed by atoms with Crippen molar-refractivity contribution >= 4 is 39.9 Å². The number of para-hydroxylation sites is 1. The van der Waals surface area contributed by atoms with Crippen molar-refractivity contribution in [1.29, 1.82) is 0 Å². The fraction of sp³-hybridized carbons (Fsp3) is 0.0714.